The van der Waals surface area contributed by atoms with Gasteiger partial charge in [0, 0.05) is 44.1 Å². The maximum Gasteiger partial charge on any atom is 0.325 e. The number of carboxylic acids is 1. The fraction of sp³-hybridized carbons (Fsp3) is 0.607. The van der Waals surface area contributed by atoms with Gasteiger partial charge in [-0.15, -0.1) is 0 Å². The van der Waals surface area contributed by atoms with Crippen molar-refractivity contribution < 1.29 is 23.8 Å². The number of fused-ring (bicyclic) bond motifs is 1. The van der Waals surface area contributed by atoms with Crippen LogP contribution in [0.2, 0.25) is 0 Å². The van der Waals surface area contributed by atoms with Crippen LogP contribution in [-0.4, -0.2) is 64.9 Å². The zero-order valence-corrected chi connectivity index (χ0v) is 21.3. The van der Waals surface area contributed by atoms with Crippen LogP contribution in [-0.2, 0) is 27.1 Å². The van der Waals surface area contributed by atoms with Gasteiger partial charge in [-0.3, -0.25) is 14.7 Å². The van der Waals surface area contributed by atoms with Gasteiger partial charge in [0.2, 0.25) is 0 Å². The Labute approximate surface area is 217 Å². The number of hydrogen-bond acceptors (Lipinski definition) is 7. The number of nitrogens with zero attached hydrogens (tertiary/aromatic N) is 3. The predicted octanol–water partition coefficient (Wildman–Crippen LogP) is 4.45. The van der Waals surface area contributed by atoms with Crippen LogP contribution in [0.5, 0.6) is 0 Å². The van der Waals surface area contributed by atoms with E-state index in [2.05, 4.69) is 22.4 Å². The Hall–Kier alpha value is -2.62. The molecule has 0 amide bonds. The van der Waals surface area contributed by atoms with E-state index < -0.39 is 17.8 Å². The Bertz CT molecular complexity index is 1080. The highest BCUT2D eigenvalue weighted by Crippen LogP contribution is 2.35. The molecule has 2 aromatic rings. The second-order valence-electron chi connectivity index (χ2n) is 10.3. The quantitative estimate of drug-likeness (QED) is 0.451. The number of likely N-dealkylation sites (tertiary alicyclic amines) is 1. The first-order valence-corrected chi connectivity index (χ1v) is 13.7. The molecule has 0 bridgehead atoms. The zero-order chi connectivity index (χ0) is 25.6. The number of carboxylic acid groups (broad SMARTS) is 1. The number of ether oxygens (including phenoxy) is 2. The molecule has 0 aromatic carbocycles. The smallest absolute Gasteiger partial charge is 0.325 e. The molecular formula is C28H37FN4O4. The Balaban J connectivity index is 1.13. The first-order chi connectivity index (χ1) is 18.1. The molecule has 9 heteroatoms. The largest absolute Gasteiger partial charge is 0.480 e. The lowest BCUT2D eigenvalue weighted by molar-refractivity contribution is -0.143. The Morgan fingerprint density at radius 1 is 1.27 bits per heavy atom. The molecule has 3 atom stereocenters. The van der Waals surface area contributed by atoms with Gasteiger partial charge in [0.05, 0.1) is 24.1 Å². The lowest BCUT2D eigenvalue weighted by Crippen LogP contribution is -2.35. The van der Waals surface area contributed by atoms with Gasteiger partial charge in [-0.2, -0.15) is 0 Å². The Morgan fingerprint density at radius 2 is 2.19 bits per heavy atom. The second-order valence-corrected chi connectivity index (χ2v) is 10.3. The van der Waals surface area contributed by atoms with Gasteiger partial charge < -0.3 is 19.9 Å². The van der Waals surface area contributed by atoms with Gasteiger partial charge in [-0.25, -0.2) is 9.37 Å². The van der Waals surface area contributed by atoms with E-state index >= 15 is 0 Å². The molecule has 0 saturated carbocycles. The van der Waals surface area contributed by atoms with Crippen molar-refractivity contribution in [2.24, 2.45) is 0 Å². The molecule has 3 aliphatic rings. The molecule has 0 spiro atoms. The van der Waals surface area contributed by atoms with Crippen LogP contribution in [0.25, 0.3) is 0 Å². The Kier molecular flexibility index (Phi) is 8.63. The molecule has 2 fully saturated rings. The summed E-state index contributed by atoms with van der Waals surface area (Å²) in [5.74, 6) is -0.500. The molecule has 0 aliphatic carbocycles. The average Bonchev–Trinajstić information content (AvgIpc) is 3.37. The molecule has 37 heavy (non-hydrogen) atoms. The number of hydrogen-bond donors (Lipinski definition) is 2. The van der Waals surface area contributed by atoms with Crippen molar-refractivity contribution in [2.75, 3.05) is 38.2 Å². The van der Waals surface area contributed by atoms with Crippen LogP contribution in [0.3, 0.4) is 0 Å². The fourth-order valence-corrected chi connectivity index (χ4v) is 5.69. The summed E-state index contributed by atoms with van der Waals surface area (Å²) < 4.78 is 26.2. The second kappa shape index (κ2) is 12.3. The molecule has 2 saturated heterocycles. The predicted molar refractivity (Wildman–Crippen MR) is 137 cm³/mol. The van der Waals surface area contributed by atoms with E-state index in [0.29, 0.717) is 37.6 Å². The molecule has 200 valence electrons. The molecule has 3 aliphatic heterocycles. The highest BCUT2D eigenvalue weighted by Gasteiger charge is 2.37. The number of unbranched alkanes of at least 4 members (excludes halogenated alkanes) is 1. The standard InChI is InChI=1S/C28H37FN4O4/c29-20-16-23(25(31-17-20)24-8-2-4-15-37-24)26(28(34)35)33-13-11-22(18-33)36-14-3-1-7-21-10-9-19-6-5-12-30-27(19)32-21/h9-10,16-17,22,24,26H,1-8,11-15,18H2,(H,30,32)(H,34,35)/t22-,24-,26?/m1/s1. The lowest BCUT2D eigenvalue weighted by Gasteiger charge is -2.29. The van der Waals surface area contributed by atoms with Gasteiger partial charge in [0.1, 0.15) is 17.7 Å². The minimum Gasteiger partial charge on any atom is -0.480 e. The van der Waals surface area contributed by atoms with E-state index in [1.807, 2.05) is 4.90 Å². The number of aryl methyl sites for hydroxylation is 2. The first kappa shape index (κ1) is 26.0. The minimum atomic E-state index is -1.00. The van der Waals surface area contributed by atoms with Crippen LogP contribution in [0, 0.1) is 5.82 Å². The summed E-state index contributed by atoms with van der Waals surface area (Å²) in [4.78, 5) is 23.3. The molecule has 0 radical (unpaired) electrons. The summed E-state index contributed by atoms with van der Waals surface area (Å²) in [6.07, 6.45) is 9.37. The van der Waals surface area contributed by atoms with Gasteiger partial charge in [-0.1, -0.05) is 6.07 Å². The van der Waals surface area contributed by atoms with E-state index in [4.69, 9.17) is 14.5 Å². The van der Waals surface area contributed by atoms with Gasteiger partial charge >= 0.3 is 5.97 Å². The van der Waals surface area contributed by atoms with Crippen molar-refractivity contribution in [2.45, 2.75) is 76.0 Å². The average molecular weight is 513 g/mol. The zero-order valence-electron chi connectivity index (χ0n) is 21.3. The summed E-state index contributed by atoms with van der Waals surface area (Å²) in [5, 5.41) is 13.5. The SMILES string of the molecule is O=C(O)C(c1cc(F)cnc1[C@H]1CCCCO1)N1CC[C@@H](OCCCCc2ccc3c(n2)NCCC3)C1. The molecule has 5 heterocycles. The van der Waals surface area contributed by atoms with E-state index in [1.165, 1.54) is 11.6 Å². The van der Waals surface area contributed by atoms with Crippen LogP contribution < -0.4 is 5.32 Å². The van der Waals surface area contributed by atoms with Crippen molar-refractivity contribution in [1.82, 2.24) is 14.9 Å². The number of aliphatic carboxylic acids is 1. The summed E-state index contributed by atoms with van der Waals surface area (Å²) in [7, 11) is 0. The summed E-state index contributed by atoms with van der Waals surface area (Å²) in [6, 6.07) is 4.66. The third kappa shape index (κ3) is 6.45. The van der Waals surface area contributed by atoms with Crippen molar-refractivity contribution >= 4 is 11.8 Å². The monoisotopic (exact) mass is 512 g/mol. The fourth-order valence-electron chi connectivity index (χ4n) is 5.69. The molecule has 8 nitrogen and oxygen atoms in total. The number of aromatic nitrogens is 2. The van der Waals surface area contributed by atoms with Crippen LogP contribution in [0.1, 0.15) is 79.6 Å². The van der Waals surface area contributed by atoms with E-state index in [9.17, 15) is 14.3 Å². The van der Waals surface area contributed by atoms with Crippen LogP contribution in [0.15, 0.2) is 24.4 Å². The normalized spacial score (nSPS) is 22.8. The van der Waals surface area contributed by atoms with Crippen molar-refractivity contribution in [3.8, 4) is 0 Å². The highest BCUT2D eigenvalue weighted by molar-refractivity contribution is 5.76. The third-order valence-corrected chi connectivity index (χ3v) is 7.60. The lowest BCUT2D eigenvalue weighted by atomic mass is 9.96. The number of anilines is 1. The van der Waals surface area contributed by atoms with Crippen molar-refractivity contribution in [3.05, 3.63) is 52.7 Å². The molecule has 2 aromatic heterocycles. The van der Waals surface area contributed by atoms with Crippen LogP contribution in [0.4, 0.5) is 10.2 Å². The summed E-state index contributed by atoms with van der Waals surface area (Å²) in [5.41, 5.74) is 3.35. The number of pyridine rings is 2. The van der Waals surface area contributed by atoms with E-state index in [-0.39, 0.29) is 12.2 Å². The molecule has 1 unspecified atom stereocenters. The Morgan fingerprint density at radius 3 is 3.03 bits per heavy atom. The summed E-state index contributed by atoms with van der Waals surface area (Å²) in [6.45, 7) is 3.30. The third-order valence-electron chi connectivity index (χ3n) is 7.60. The van der Waals surface area contributed by atoms with Crippen LogP contribution >= 0.6 is 0 Å². The number of nitrogens with one attached hydrogen (secondary N) is 1. The van der Waals surface area contributed by atoms with Crippen molar-refractivity contribution in [1.29, 1.82) is 0 Å². The van der Waals surface area contributed by atoms with Gasteiger partial charge in [0.15, 0.2) is 0 Å². The van der Waals surface area contributed by atoms with Gasteiger partial charge in [0.25, 0.3) is 0 Å². The maximum absolute atomic E-state index is 14.2. The van der Waals surface area contributed by atoms with Gasteiger partial charge in [-0.05, 0) is 75.5 Å². The number of rotatable bonds is 10. The molecule has 5 rings (SSSR count). The topological polar surface area (TPSA) is 96.8 Å². The van der Waals surface area contributed by atoms with Crippen molar-refractivity contribution in [3.63, 3.8) is 0 Å². The minimum absolute atomic E-state index is 0.0381. The van der Waals surface area contributed by atoms with E-state index in [1.54, 1.807) is 0 Å². The van der Waals surface area contributed by atoms with E-state index in [0.717, 1.165) is 82.0 Å². The maximum atomic E-state index is 14.2. The molecule has 2 N–H and O–H groups in total. The highest BCUT2D eigenvalue weighted by atomic mass is 19.1. The molecular weight excluding hydrogens is 475 g/mol. The number of carbonyl (C=O) groups is 1. The first-order valence-electron chi connectivity index (χ1n) is 13.7. The summed E-state index contributed by atoms with van der Waals surface area (Å²) >= 11 is 0. The number of halogens is 1.